The molecule has 0 unspecified atom stereocenters. The van der Waals surface area contributed by atoms with Crippen LogP contribution in [-0.2, 0) is 0 Å². The number of rotatable bonds is 0. The molecule has 0 aliphatic rings. The monoisotopic (exact) mass is 371 g/mol. The molecule has 3 nitrogen and oxygen atoms in total. The smallest absolute Gasteiger partial charge is 0.240 e. The van der Waals surface area contributed by atoms with Crippen molar-refractivity contribution in [2.45, 2.75) is 0 Å². The topological polar surface area (TPSA) is 35.6 Å². The van der Waals surface area contributed by atoms with Gasteiger partial charge in [-0.3, -0.25) is 0 Å². The minimum atomic E-state index is 0.0241. The number of nitrogens with one attached hydrogen (secondary N) is 1. The van der Waals surface area contributed by atoms with Crippen molar-refractivity contribution in [2.75, 3.05) is 0 Å². The van der Waals surface area contributed by atoms with Crippen LogP contribution in [0.15, 0.2) is 89.7 Å². The number of hydrogen-bond acceptors (Lipinski definition) is 1. The second-order valence-electron chi connectivity index (χ2n) is 7.64. The van der Waals surface area contributed by atoms with Crippen LogP contribution in [0, 0.1) is 0 Å². The van der Waals surface area contributed by atoms with Crippen LogP contribution in [0.25, 0.3) is 59.8 Å². The van der Waals surface area contributed by atoms with Crippen molar-refractivity contribution < 1.29 is 4.98 Å². The SMILES string of the molecule is O=c1c2cccc3cccc(c32)c2[nH+]c3c4ccccc4c4ccccc4c3n12. The van der Waals surface area contributed by atoms with Gasteiger partial charge in [-0.2, -0.15) is 4.40 Å². The zero-order valence-corrected chi connectivity index (χ0v) is 15.4. The molecule has 3 heteroatoms. The van der Waals surface area contributed by atoms with E-state index in [1.165, 1.54) is 5.39 Å². The van der Waals surface area contributed by atoms with E-state index in [1.807, 2.05) is 22.6 Å². The Kier molecular flexibility index (Phi) is 2.63. The van der Waals surface area contributed by atoms with Crippen LogP contribution >= 0.6 is 0 Å². The Morgan fingerprint density at radius 2 is 1.17 bits per heavy atom. The lowest BCUT2D eigenvalue weighted by Gasteiger charge is -2.04. The Balaban J connectivity index is 1.93. The van der Waals surface area contributed by atoms with E-state index in [-0.39, 0.29) is 5.56 Å². The van der Waals surface area contributed by atoms with Crippen molar-refractivity contribution in [1.82, 2.24) is 4.40 Å². The molecule has 0 spiro atoms. The Bertz CT molecular complexity index is 1820. The zero-order chi connectivity index (χ0) is 19.1. The maximum Gasteiger partial charge on any atom is 0.347 e. The maximum absolute atomic E-state index is 13.7. The van der Waals surface area contributed by atoms with Crippen LogP contribution in [0.3, 0.4) is 0 Å². The minimum absolute atomic E-state index is 0.0241. The highest BCUT2D eigenvalue weighted by molar-refractivity contribution is 6.24. The van der Waals surface area contributed by atoms with Gasteiger partial charge in [-0.15, -0.1) is 0 Å². The fourth-order valence-corrected chi connectivity index (χ4v) is 5.00. The molecular formula is C26H15N2O+. The zero-order valence-electron chi connectivity index (χ0n) is 15.4. The first-order valence-corrected chi connectivity index (χ1v) is 9.77. The maximum atomic E-state index is 13.7. The molecule has 0 amide bonds. The summed E-state index contributed by atoms with van der Waals surface area (Å²) in [5.41, 5.74) is 2.84. The summed E-state index contributed by atoms with van der Waals surface area (Å²) in [6.07, 6.45) is 0. The van der Waals surface area contributed by atoms with Crippen molar-refractivity contribution in [2.24, 2.45) is 0 Å². The average molecular weight is 371 g/mol. The van der Waals surface area contributed by atoms with Crippen molar-refractivity contribution in [3.63, 3.8) is 0 Å². The molecule has 0 bridgehead atoms. The van der Waals surface area contributed by atoms with Gasteiger partial charge >= 0.3 is 5.56 Å². The first-order chi connectivity index (χ1) is 14.3. The molecule has 0 fully saturated rings. The molecular weight excluding hydrogens is 356 g/mol. The molecule has 7 rings (SSSR count). The van der Waals surface area contributed by atoms with Crippen molar-refractivity contribution in [3.8, 4) is 0 Å². The lowest BCUT2D eigenvalue weighted by molar-refractivity contribution is -0.308. The molecule has 1 N–H and O–H groups in total. The van der Waals surface area contributed by atoms with E-state index in [9.17, 15) is 4.79 Å². The van der Waals surface area contributed by atoms with E-state index >= 15 is 0 Å². The number of fused-ring (bicyclic) bond motifs is 9. The first kappa shape index (κ1) is 15.0. The molecule has 0 atom stereocenters. The number of aromatic amines is 1. The molecule has 0 saturated carbocycles. The second-order valence-corrected chi connectivity index (χ2v) is 7.64. The van der Waals surface area contributed by atoms with Crippen LogP contribution in [0.1, 0.15) is 0 Å². The van der Waals surface area contributed by atoms with Crippen LogP contribution in [0.4, 0.5) is 0 Å². The summed E-state index contributed by atoms with van der Waals surface area (Å²) in [4.78, 5) is 17.3. The summed E-state index contributed by atoms with van der Waals surface area (Å²) in [5, 5.41) is 8.52. The number of pyridine rings is 1. The van der Waals surface area contributed by atoms with Crippen molar-refractivity contribution in [3.05, 3.63) is 95.3 Å². The third-order valence-corrected chi connectivity index (χ3v) is 6.19. The predicted octanol–water partition coefficient (Wildman–Crippen LogP) is 5.32. The number of nitrogens with zero attached hydrogens (tertiary/aromatic N) is 1. The van der Waals surface area contributed by atoms with E-state index < -0.39 is 0 Å². The van der Waals surface area contributed by atoms with Gasteiger partial charge in [-0.1, -0.05) is 60.7 Å². The van der Waals surface area contributed by atoms with Gasteiger partial charge in [0, 0.05) is 16.2 Å². The van der Waals surface area contributed by atoms with Crippen molar-refractivity contribution >= 4 is 59.8 Å². The number of imidazole rings is 1. The molecule has 5 aromatic carbocycles. The van der Waals surface area contributed by atoms with Gasteiger partial charge in [0.05, 0.1) is 10.8 Å². The van der Waals surface area contributed by atoms with Crippen LogP contribution in [0.2, 0.25) is 0 Å². The highest BCUT2D eigenvalue weighted by Gasteiger charge is 2.25. The second kappa shape index (κ2) is 5.09. The molecule has 0 aliphatic carbocycles. The molecule has 134 valence electrons. The summed E-state index contributed by atoms with van der Waals surface area (Å²) >= 11 is 0. The van der Waals surface area contributed by atoms with E-state index in [4.69, 9.17) is 0 Å². The third kappa shape index (κ3) is 1.73. The fourth-order valence-electron chi connectivity index (χ4n) is 5.00. The molecule has 7 aromatic rings. The summed E-state index contributed by atoms with van der Waals surface area (Å²) in [6.45, 7) is 0. The van der Waals surface area contributed by atoms with Crippen LogP contribution in [0.5, 0.6) is 0 Å². The van der Waals surface area contributed by atoms with Gasteiger partial charge in [-0.25, -0.2) is 9.78 Å². The largest absolute Gasteiger partial charge is 0.347 e. The number of aromatic nitrogens is 2. The standard InChI is InChI=1S/C26H14N2O/c29-26-21-14-6-8-15-7-5-13-20(22(15)21)25-27-23-18-11-3-1-9-16(18)17-10-2-4-12-19(17)24(23)28(25)26/h1-14H/p+1. The van der Waals surface area contributed by atoms with E-state index in [0.29, 0.717) is 0 Å². The van der Waals surface area contributed by atoms with E-state index in [0.717, 1.165) is 54.4 Å². The number of hydrogen-bond donors (Lipinski definition) is 0. The van der Waals surface area contributed by atoms with Gasteiger partial charge in [0.15, 0.2) is 11.0 Å². The van der Waals surface area contributed by atoms with Crippen LogP contribution < -0.4 is 10.5 Å². The van der Waals surface area contributed by atoms with Gasteiger partial charge in [0.25, 0.3) is 5.65 Å². The van der Waals surface area contributed by atoms with Gasteiger partial charge in [0.1, 0.15) is 0 Å². The lowest BCUT2D eigenvalue weighted by atomic mass is 10.00. The van der Waals surface area contributed by atoms with Gasteiger partial charge in [0.2, 0.25) is 0 Å². The Morgan fingerprint density at radius 3 is 1.93 bits per heavy atom. The number of benzene rings is 5. The summed E-state index contributed by atoms with van der Waals surface area (Å²) in [5.74, 6) is 0. The Labute approximate surface area is 164 Å². The predicted molar refractivity (Wildman–Crippen MR) is 119 cm³/mol. The highest BCUT2D eigenvalue weighted by atomic mass is 16.1. The summed E-state index contributed by atoms with van der Waals surface area (Å²) in [7, 11) is 0. The minimum Gasteiger partial charge on any atom is -0.240 e. The first-order valence-electron chi connectivity index (χ1n) is 9.77. The average Bonchev–Trinajstić information content (AvgIpc) is 3.19. The quantitative estimate of drug-likeness (QED) is 0.333. The van der Waals surface area contributed by atoms with E-state index in [2.05, 4.69) is 71.7 Å². The van der Waals surface area contributed by atoms with Gasteiger partial charge in [-0.05, 0) is 40.4 Å². The fraction of sp³-hybridized carbons (Fsp3) is 0. The highest BCUT2D eigenvalue weighted by Crippen LogP contribution is 2.35. The Hall–Kier alpha value is -3.98. The molecule has 0 radical (unpaired) electrons. The molecule has 29 heavy (non-hydrogen) atoms. The normalized spacial score (nSPS) is 12.3. The lowest BCUT2D eigenvalue weighted by Crippen LogP contribution is -2.15. The number of H-pyrrole nitrogens is 1. The van der Waals surface area contributed by atoms with Crippen molar-refractivity contribution in [1.29, 1.82) is 0 Å². The Morgan fingerprint density at radius 1 is 0.586 bits per heavy atom. The summed E-state index contributed by atoms with van der Waals surface area (Å²) < 4.78 is 1.88. The van der Waals surface area contributed by atoms with Gasteiger partial charge < -0.3 is 0 Å². The molecule has 2 heterocycles. The van der Waals surface area contributed by atoms with E-state index in [1.54, 1.807) is 0 Å². The van der Waals surface area contributed by atoms with Crippen LogP contribution in [-0.4, -0.2) is 4.40 Å². The molecule has 0 aliphatic heterocycles. The summed E-state index contributed by atoms with van der Waals surface area (Å²) in [6, 6.07) is 28.9. The molecule has 0 saturated heterocycles. The molecule has 2 aromatic heterocycles. The third-order valence-electron chi connectivity index (χ3n) is 6.19.